The van der Waals surface area contributed by atoms with E-state index < -0.39 is 0 Å². The Morgan fingerprint density at radius 3 is 2.56 bits per heavy atom. The summed E-state index contributed by atoms with van der Waals surface area (Å²) in [4.78, 5) is 4.21. The first-order valence-electron chi connectivity index (χ1n) is 4.94. The zero-order chi connectivity index (χ0) is 11.4. The van der Waals surface area contributed by atoms with Gasteiger partial charge >= 0.3 is 0 Å². The summed E-state index contributed by atoms with van der Waals surface area (Å²) in [6, 6.07) is 7.72. The van der Waals surface area contributed by atoms with Crippen molar-refractivity contribution in [3.8, 4) is 17.0 Å². The fraction of sp³-hybridized carbons (Fsp3) is 0.182. The molecule has 0 bridgehead atoms. The lowest BCUT2D eigenvalue weighted by molar-refractivity contribution is 0.328. The van der Waals surface area contributed by atoms with Gasteiger partial charge in [0.15, 0.2) is 5.13 Å². The molecule has 0 fully saturated rings. The molecule has 2 rings (SSSR count). The standard InChI is InChI=1S/C11H13N3OS/c12-5-6-15-9-3-1-8(2-4-9)10-7-16-11(13)14-10/h1-4,7H,5-6,12H2,(H2,13,14). The molecular formula is C11H13N3OS. The van der Waals surface area contributed by atoms with Gasteiger partial charge in [-0.25, -0.2) is 4.98 Å². The normalized spacial score (nSPS) is 10.3. The van der Waals surface area contributed by atoms with E-state index in [1.807, 2.05) is 29.6 Å². The Labute approximate surface area is 97.9 Å². The van der Waals surface area contributed by atoms with Crippen molar-refractivity contribution in [2.45, 2.75) is 0 Å². The quantitative estimate of drug-likeness (QED) is 0.846. The van der Waals surface area contributed by atoms with Gasteiger partial charge in [-0.15, -0.1) is 11.3 Å². The first-order valence-corrected chi connectivity index (χ1v) is 5.82. The van der Waals surface area contributed by atoms with Crippen molar-refractivity contribution < 1.29 is 4.74 Å². The van der Waals surface area contributed by atoms with Crippen LogP contribution in [0.15, 0.2) is 29.6 Å². The summed E-state index contributed by atoms with van der Waals surface area (Å²) in [6.45, 7) is 1.05. The predicted octanol–water partition coefficient (Wildman–Crippen LogP) is 1.73. The Hall–Kier alpha value is -1.59. The maximum atomic E-state index is 5.58. The average molecular weight is 235 g/mol. The predicted molar refractivity (Wildman–Crippen MR) is 66.5 cm³/mol. The highest BCUT2D eigenvalue weighted by Gasteiger charge is 2.02. The van der Waals surface area contributed by atoms with Crippen LogP contribution in [0.4, 0.5) is 5.13 Å². The van der Waals surface area contributed by atoms with Crippen LogP contribution in [0.2, 0.25) is 0 Å². The minimum atomic E-state index is 0.518. The maximum absolute atomic E-state index is 5.58. The average Bonchev–Trinajstić information content (AvgIpc) is 2.74. The largest absolute Gasteiger partial charge is 0.492 e. The number of hydrogen-bond donors (Lipinski definition) is 2. The van der Waals surface area contributed by atoms with E-state index in [1.165, 1.54) is 11.3 Å². The Balaban J connectivity index is 2.13. The summed E-state index contributed by atoms with van der Waals surface area (Å²) in [6.07, 6.45) is 0. The molecule has 4 nitrogen and oxygen atoms in total. The van der Waals surface area contributed by atoms with Gasteiger partial charge in [-0.3, -0.25) is 0 Å². The Kier molecular flexibility index (Phi) is 3.38. The smallest absolute Gasteiger partial charge is 0.180 e. The zero-order valence-corrected chi connectivity index (χ0v) is 9.54. The number of rotatable bonds is 4. The Bertz CT molecular complexity index is 453. The van der Waals surface area contributed by atoms with Crippen LogP contribution < -0.4 is 16.2 Å². The highest BCUT2D eigenvalue weighted by Crippen LogP contribution is 2.24. The molecular weight excluding hydrogens is 222 g/mol. The summed E-state index contributed by atoms with van der Waals surface area (Å²) in [5, 5.41) is 2.52. The van der Waals surface area contributed by atoms with Crippen molar-refractivity contribution in [1.29, 1.82) is 0 Å². The third-order valence-electron chi connectivity index (χ3n) is 2.06. The van der Waals surface area contributed by atoms with E-state index in [0.717, 1.165) is 17.0 Å². The molecule has 84 valence electrons. The number of nitrogen functional groups attached to an aromatic ring is 1. The van der Waals surface area contributed by atoms with Crippen LogP contribution >= 0.6 is 11.3 Å². The second kappa shape index (κ2) is 4.96. The molecule has 2 aromatic rings. The molecule has 1 aromatic heterocycles. The van der Waals surface area contributed by atoms with Gasteiger partial charge in [-0.2, -0.15) is 0 Å². The van der Waals surface area contributed by atoms with Gasteiger partial charge < -0.3 is 16.2 Å². The van der Waals surface area contributed by atoms with Gasteiger partial charge in [-0.1, -0.05) is 0 Å². The van der Waals surface area contributed by atoms with Gasteiger partial charge in [0.1, 0.15) is 12.4 Å². The van der Waals surface area contributed by atoms with Crippen LogP contribution in [-0.2, 0) is 0 Å². The number of anilines is 1. The van der Waals surface area contributed by atoms with Crippen molar-refractivity contribution in [1.82, 2.24) is 4.98 Å². The molecule has 0 radical (unpaired) electrons. The number of hydrogen-bond acceptors (Lipinski definition) is 5. The molecule has 16 heavy (non-hydrogen) atoms. The van der Waals surface area contributed by atoms with Crippen LogP contribution in [0.5, 0.6) is 5.75 Å². The molecule has 1 heterocycles. The summed E-state index contributed by atoms with van der Waals surface area (Å²) >= 11 is 1.44. The minimum Gasteiger partial charge on any atom is -0.492 e. The molecule has 0 atom stereocenters. The van der Waals surface area contributed by atoms with Gasteiger partial charge in [0, 0.05) is 17.5 Å². The maximum Gasteiger partial charge on any atom is 0.180 e. The third kappa shape index (κ3) is 2.50. The number of aromatic nitrogens is 1. The number of ether oxygens (including phenoxy) is 1. The molecule has 0 aliphatic carbocycles. The molecule has 0 aliphatic rings. The van der Waals surface area contributed by atoms with Gasteiger partial charge in [0.2, 0.25) is 0 Å². The monoisotopic (exact) mass is 235 g/mol. The fourth-order valence-electron chi connectivity index (χ4n) is 1.32. The van der Waals surface area contributed by atoms with E-state index in [9.17, 15) is 0 Å². The molecule has 0 unspecified atom stereocenters. The number of nitrogens with zero attached hydrogens (tertiary/aromatic N) is 1. The van der Waals surface area contributed by atoms with Crippen molar-refractivity contribution >= 4 is 16.5 Å². The van der Waals surface area contributed by atoms with Crippen LogP contribution in [-0.4, -0.2) is 18.1 Å². The summed E-state index contributed by atoms with van der Waals surface area (Å²) in [5.41, 5.74) is 12.9. The van der Waals surface area contributed by atoms with E-state index >= 15 is 0 Å². The van der Waals surface area contributed by atoms with E-state index in [-0.39, 0.29) is 0 Å². The van der Waals surface area contributed by atoms with E-state index in [1.54, 1.807) is 0 Å². The lowest BCUT2D eigenvalue weighted by Crippen LogP contribution is -2.10. The highest BCUT2D eigenvalue weighted by molar-refractivity contribution is 7.13. The topological polar surface area (TPSA) is 74.2 Å². The molecule has 5 heteroatoms. The van der Waals surface area contributed by atoms with Crippen molar-refractivity contribution in [2.24, 2.45) is 5.73 Å². The van der Waals surface area contributed by atoms with E-state index in [4.69, 9.17) is 16.2 Å². The van der Waals surface area contributed by atoms with Crippen molar-refractivity contribution in [3.05, 3.63) is 29.6 Å². The van der Waals surface area contributed by atoms with Gasteiger partial charge in [-0.05, 0) is 24.3 Å². The van der Waals surface area contributed by atoms with E-state index in [2.05, 4.69) is 4.98 Å². The first kappa shape index (κ1) is 10.9. The van der Waals surface area contributed by atoms with Crippen LogP contribution in [0, 0.1) is 0 Å². The lowest BCUT2D eigenvalue weighted by atomic mass is 10.2. The number of benzene rings is 1. The Morgan fingerprint density at radius 2 is 2.00 bits per heavy atom. The fourth-order valence-corrected chi connectivity index (χ4v) is 1.89. The molecule has 0 spiro atoms. The molecule has 0 aliphatic heterocycles. The SMILES string of the molecule is NCCOc1ccc(-c2csc(N)n2)cc1. The van der Waals surface area contributed by atoms with Gasteiger partial charge in [0.05, 0.1) is 5.69 Å². The number of thiazole rings is 1. The van der Waals surface area contributed by atoms with Crippen molar-refractivity contribution in [3.63, 3.8) is 0 Å². The molecule has 0 amide bonds. The Morgan fingerprint density at radius 1 is 1.25 bits per heavy atom. The lowest BCUT2D eigenvalue weighted by Gasteiger charge is -2.04. The number of nitrogens with two attached hydrogens (primary N) is 2. The third-order valence-corrected chi connectivity index (χ3v) is 2.73. The molecule has 0 saturated heterocycles. The van der Waals surface area contributed by atoms with Crippen LogP contribution in [0.25, 0.3) is 11.3 Å². The van der Waals surface area contributed by atoms with Crippen molar-refractivity contribution in [2.75, 3.05) is 18.9 Å². The van der Waals surface area contributed by atoms with E-state index in [0.29, 0.717) is 18.3 Å². The molecule has 4 N–H and O–H groups in total. The minimum absolute atomic E-state index is 0.518. The summed E-state index contributed by atoms with van der Waals surface area (Å²) < 4.78 is 5.38. The highest BCUT2D eigenvalue weighted by atomic mass is 32.1. The van der Waals surface area contributed by atoms with Crippen LogP contribution in [0.3, 0.4) is 0 Å². The zero-order valence-electron chi connectivity index (χ0n) is 8.72. The summed E-state index contributed by atoms with van der Waals surface area (Å²) in [5.74, 6) is 0.817. The van der Waals surface area contributed by atoms with Crippen LogP contribution in [0.1, 0.15) is 0 Å². The molecule has 0 saturated carbocycles. The summed E-state index contributed by atoms with van der Waals surface area (Å²) in [7, 11) is 0. The second-order valence-corrected chi connectivity index (χ2v) is 4.12. The van der Waals surface area contributed by atoms with Gasteiger partial charge in [0.25, 0.3) is 0 Å². The first-order chi connectivity index (χ1) is 7.79. The molecule has 1 aromatic carbocycles. The second-order valence-electron chi connectivity index (χ2n) is 3.23.